The first kappa shape index (κ1) is 17.2. The normalized spacial score (nSPS) is 10.0. The van der Waals surface area contributed by atoms with Gasteiger partial charge in [-0.15, -0.1) is 0 Å². The van der Waals surface area contributed by atoms with Gasteiger partial charge in [0.15, 0.2) is 0 Å². The Morgan fingerprint density at radius 3 is 2.50 bits per heavy atom. The highest BCUT2D eigenvalue weighted by Crippen LogP contribution is 2.27. The summed E-state index contributed by atoms with van der Waals surface area (Å²) in [5.41, 5.74) is 2.85. The maximum Gasteiger partial charge on any atom is 0.229 e. The summed E-state index contributed by atoms with van der Waals surface area (Å²) in [5, 5.41) is 15.6. The Hall–Kier alpha value is -3.59. The van der Waals surface area contributed by atoms with Crippen molar-refractivity contribution in [2.45, 2.75) is 13.8 Å². The van der Waals surface area contributed by atoms with E-state index in [9.17, 15) is 5.26 Å². The Bertz CT molecular complexity index is 949. The quantitative estimate of drug-likeness (QED) is 0.682. The van der Waals surface area contributed by atoms with E-state index in [4.69, 9.17) is 4.74 Å². The summed E-state index contributed by atoms with van der Waals surface area (Å²) < 4.78 is 5.63. The first-order valence-corrected chi connectivity index (χ1v) is 8.30. The lowest BCUT2D eigenvalue weighted by Gasteiger charge is -2.13. The zero-order valence-electron chi connectivity index (χ0n) is 14.7. The van der Waals surface area contributed by atoms with Crippen LogP contribution in [0.5, 0.6) is 5.75 Å². The van der Waals surface area contributed by atoms with Crippen LogP contribution in [0.1, 0.15) is 18.2 Å². The SMILES string of the molecule is CCOc1ccccc1Nc1nc(C)cc(Nc2ccccc2C#N)n1. The fourth-order valence-electron chi connectivity index (χ4n) is 2.49. The molecule has 6 nitrogen and oxygen atoms in total. The van der Waals surface area contributed by atoms with Crippen molar-refractivity contribution in [3.63, 3.8) is 0 Å². The van der Waals surface area contributed by atoms with Crippen LogP contribution in [0.4, 0.5) is 23.1 Å². The van der Waals surface area contributed by atoms with Crippen LogP contribution in [0, 0.1) is 18.3 Å². The zero-order chi connectivity index (χ0) is 18.4. The minimum Gasteiger partial charge on any atom is -0.492 e. The molecule has 26 heavy (non-hydrogen) atoms. The Morgan fingerprint density at radius 1 is 1.00 bits per heavy atom. The molecule has 0 saturated carbocycles. The van der Waals surface area contributed by atoms with Gasteiger partial charge in [0.05, 0.1) is 23.5 Å². The first-order chi connectivity index (χ1) is 12.7. The minimum absolute atomic E-state index is 0.453. The number of aromatic nitrogens is 2. The van der Waals surface area contributed by atoms with Crippen LogP contribution in [0.25, 0.3) is 0 Å². The molecule has 0 radical (unpaired) electrons. The lowest BCUT2D eigenvalue weighted by Crippen LogP contribution is -2.04. The van der Waals surface area contributed by atoms with Gasteiger partial charge in [-0.05, 0) is 38.1 Å². The largest absolute Gasteiger partial charge is 0.492 e. The van der Waals surface area contributed by atoms with Crippen molar-refractivity contribution >= 4 is 23.1 Å². The highest BCUT2D eigenvalue weighted by molar-refractivity contribution is 5.67. The molecular formula is C20H19N5O. The number of ether oxygens (including phenoxy) is 1. The first-order valence-electron chi connectivity index (χ1n) is 8.30. The number of para-hydroxylation sites is 3. The second-order valence-electron chi connectivity index (χ2n) is 5.55. The monoisotopic (exact) mass is 345 g/mol. The molecule has 0 aliphatic heterocycles. The number of nitriles is 1. The molecule has 0 unspecified atom stereocenters. The predicted molar refractivity (Wildman–Crippen MR) is 102 cm³/mol. The summed E-state index contributed by atoms with van der Waals surface area (Å²) in [4.78, 5) is 8.93. The Morgan fingerprint density at radius 2 is 1.73 bits per heavy atom. The van der Waals surface area contributed by atoms with Gasteiger partial charge in [0.2, 0.25) is 5.95 Å². The topological polar surface area (TPSA) is 82.9 Å². The minimum atomic E-state index is 0.453. The highest BCUT2D eigenvalue weighted by Gasteiger charge is 2.08. The summed E-state index contributed by atoms with van der Waals surface area (Å²) in [5.74, 6) is 1.80. The Labute approximate surface area is 152 Å². The molecule has 2 N–H and O–H groups in total. The molecule has 1 aromatic heterocycles. The molecule has 3 aromatic rings. The molecule has 2 aromatic carbocycles. The van der Waals surface area contributed by atoms with Crippen molar-refractivity contribution in [2.24, 2.45) is 0 Å². The Balaban J connectivity index is 1.88. The summed E-state index contributed by atoms with van der Waals surface area (Å²) in [6.45, 7) is 4.41. The number of benzene rings is 2. The number of rotatable bonds is 6. The van der Waals surface area contributed by atoms with Crippen molar-refractivity contribution < 1.29 is 4.74 Å². The molecule has 6 heteroatoms. The van der Waals surface area contributed by atoms with Gasteiger partial charge in [0.1, 0.15) is 17.6 Å². The van der Waals surface area contributed by atoms with Crippen molar-refractivity contribution in [1.82, 2.24) is 9.97 Å². The summed E-state index contributed by atoms with van der Waals surface area (Å²) >= 11 is 0. The molecule has 0 atom stereocenters. The zero-order valence-corrected chi connectivity index (χ0v) is 14.7. The summed E-state index contributed by atoms with van der Waals surface area (Å²) in [7, 11) is 0. The van der Waals surface area contributed by atoms with Gasteiger partial charge in [-0.1, -0.05) is 24.3 Å². The lowest BCUT2D eigenvalue weighted by atomic mass is 10.2. The summed E-state index contributed by atoms with van der Waals surface area (Å²) in [6.07, 6.45) is 0. The standard InChI is InChI=1S/C20H19N5O/c1-3-26-18-11-7-6-10-17(18)24-20-22-14(2)12-19(25-20)23-16-9-5-4-8-15(16)13-21/h4-12H,3H2,1-2H3,(H2,22,23,24,25). The van der Waals surface area contributed by atoms with E-state index >= 15 is 0 Å². The van der Waals surface area contributed by atoms with Gasteiger partial charge in [-0.25, -0.2) is 4.98 Å². The number of hydrogen-bond donors (Lipinski definition) is 2. The number of anilines is 4. The second kappa shape index (κ2) is 7.99. The molecule has 0 aliphatic rings. The van der Waals surface area contributed by atoms with Crippen LogP contribution in [0.15, 0.2) is 54.6 Å². The molecule has 0 saturated heterocycles. The van der Waals surface area contributed by atoms with Gasteiger partial charge < -0.3 is 15.4 Å². The third-order valence-electron chi connectivity index (χ3n) is 3.60. The maximum absolute atomic E-state index is 9.23. The van der Waals surface area contributed by atoms with E-state index < -0.39 is 0 Å². The number of nitrogens with one attached hydrogen (secondary N) is 2. The fraction of sp³-hybridized carbons (Fsp3) is 0.150. The van der Waals surface area contributed by atoms with Crippen LogP contribution in [0.3, 0.4) is 0 Å². The summed E-state index contributed by atoms with van der Waals surface area (Å²) in [6, 6.07) is 18.9. The molecule has 0 spiro atoms. The van der Waals surface area contributed by atoms with Crippen LogP contribution >= 0.6 is 0 Å². The van der Waals surface area contributed by atoms with E-state index in [1.54, 1.807) is 6.07 Å². The maximum atomic E-state index is 9.23. The third-order valence-corrected chi connectivity index (χ3v) is 3.60. The van der Waals surface area contributed by atoms with Crippen LogP contribution in [0.2, 0.25) is 0 Å². The number of nitrogens with zero attached hydrogens (tertiary/aromatic N) is 3. The smallest absolute Gasteiger partial charge is 0.229 e. The molecule has 0 bridgehead atoms. The molecule has 0 amide bonds. The van der Waals surface area contributed by atoms with Gasteiger partial charge in [-0.3, -0.25) is 0 Å². The fourth-order valence-corrected chi connectivity index (χ4v) is 2.49. The molecule has 0 aliphatic carbocycles. The lowest BCUT2D eigenvalue weighted by molar-refractivity contribution is 0.342. The predicted octanol–water partition coefficient (Wildman–Crippen LogP) is 4.54. The van der Waals surface area contributed by atoms with E-state index in [1.165, 1.54) is 0 Å². The van der Waals surface area contributed by atoms with Crippen LogP contribution < -0.4 is 15.4 Å². The number of hydrogen-bond acceptors (Lipinski definition) is 6. The van der Waals surface area contributed by atoms with Crippen LogP contribution in [-0.4, -0.2) is 16.6 Å². The van der Waals surface area contributed by atoms with E-state index in [0.29, 0.717) is 29.6 Å². The molecular weight excluding hydrogens is 326 g/mol. The van der Waals surface area contributed by atoms with Gasteiger partial charge in [0.25, 0.3) is 0 Å². The third kappa shape index (κ3) is 4.08. The van der Waals surface area contributed by atoms with Crippen molar-refractivity contribution in [1.29, 1.82) is 5.26 Å². The van der Waals surface area contributed by atoms with Crippen LogP contribution in [-0.2, 0) is 0 Å². The van der Waals surface area contributed by atoms with E-state index in [1.807, 2.05) is 62.4 Å². The van der Waals surface area contributed by atoms with Crippen molar-refractivity contribution in [3.05, 3.63) is 65.9 Å². The van der Waals surface area contributed by atoms with Gasteiger partial charge >= 0.3 is 0 Å². The van der Waals surface area contributed by atoms with E-state index in [2.05, 4.69) is 26.7 Å². The average molecular weight is 345 g/mol. The van der Waals surface area contributed by atoms with Crippen molar-refractivity contribution in [3.8, 4) is 11.8 Å². The molecule has 3 rings (SSSR count). The Kier molecular flexibility index (Phi) is 5.30. The molecule has 0 fully saturated rings. The molecule has 130 valence electrons. The second-order valence-corrected chi connectivity index (χ2v) is 5.55. The van der Waals surface area contributed by atoms with E-state index in [-0.39, 0.29) is 0 Å². The van der Waals surface area contributed by atoms with Gasteiger partial charge in [-0.2, -0.15) is 10.2 Å². The highest BCUT2D eigenvalue weighted by atomic mass is 16.5. The van der Waals surface area contributed by atoms with E-state index in [0.717, 1.165) is 17.1 Å². The van der Waals surface area contributed by atoms with Gasteiger partial charge in [0, 0.05) is 11.8 Å². The average Bonchev–Trinajstić information content (AvgIpc) is 2.63. The number of aryl methyl sites for hydroxylation is 1. The molecule has 1 heterocycles. The van der Waals surface area contributed by atoms with Crippen molar-refractivity contribution in [2.75, 3.05) is 17.2 Å².